The number of aryl methyl sites for hydroxylation is 2. The summed E-state index contributed by atoms with van der Waals surface area (Å²) in [6, 6.07) is 0. The zero-order chi connectivity index (χ0) is 18.7. The van der Waals surface area contributed by atoms with Crippen molar-refractivity contribution in [1.29, 1.82) is 0 Å². The van der Waals surface area contributed by atoms with E-state index in [2.05, 4.69) is 10.2 Å². The fourth-order valence-electron chi connectivity index (χ4n) is 4.28. The van der Waals surface area contributed by atoms with Gasteiger partial charge in [0.1, 0.15) is 23.1 Å². The molecule has 0 spiro atoms. The molecular formula is C17H24N6O3. The smallest absolute Gasteiger partial charge is 0.331 e. The van der Waals surface area contributed by atoms with Crippen LogP contribution in [0.5, 0.6) is 0 Å². The zero-order valence-corrected chi connectivity index (χ0v) is 15.6. The zero-order valence-electron chi connectivity index (χ0n) is 15.6. The Hall–Kier alpha value is -2.55. The third kappa shape index (κ3) is 1.97. The lowest BCUT2D eigenvalue weighted by Crippen LogP contribution is -2.56. The van der Waals surface area contributed by atoms with E-state index in [0.717, 1.165) is 29.9 Å². The number of aromatic nitrogens is 3. The molecule has 9 heteroatoms. The molecule has 0 aromatic carbocycles. The van der Waals surface area contributed by atoms with E-state index in [-0.39, 0.29) is 17.6 Å². The van der Waals surface area contributed by atoms with Crippen LogP contribution in [0, 0.1) is 0 Å². The molecule has 0 aliphatic carbocycles. The fraction of sp³-hybridized carbons (Fsp3) is 0.588. The highest BCUT2D eigenvalue weighted by molar-refractivity contribution is 6.12. The second-order valence-electron chi connectivity index (χ2n) is 6.99. The highest BCUT2D eigenvalue weighted by Gasteiger charge is 2.41. The average Bonchev–Trinajstić information content (AvgIpc) is 2.79. The van der Waals surface area contributed by atoms with Crippen LogP contribution in [-0.2, 0) is 20.6 Å². The van der Waals surface area contributed by atoms with Crippen molar-refractivity contribution in [2.45, 2.75) is 26.1 Å². The van der Waals surface area contributed by atoms with E-state index >= 15 is 0 Å². The summed E-state index contributed by atoms with van der Waals surface area (Å²) >= 11 is 0. The number of carbonyl (C=O) groups excluding carboxylic acids is 1. The number of likely N-dealkylation sites (N-methyl/N-ethyl adjacent to an activating group) is 1. The van der Waals surface area contributed by atoms with Crippen LogP contribution in [0.15, 0.2) is 9.59 Å². The van der Waals surface area contributed by atoms with Gasteiger partial charge in [-0.3, -0.25) is 18.7 Å². The van der Waals surface area contributed by atoms with Crippen LogP contribution in [-0.4, -0.2) is 57.4 Å². The number of hydrogen-bond donors (Lipinski definition) is 1. The standard InChI is InChI=1S/C17H24N6O3/c1-5-22-13-12(20(3)17(26)21(4)16(13)25)11-14(22)23-8-6-7-18-9-10(23)19(2)15(11)24/h10,18H,5-9H2,1-4H3. The molecule has 1 unspecified atom stereocenters. The van der Waals surface area contributed by atoms with Gasteiger partial charge in [-0.1, -0.05) is 0 Å². The lowest BCUT2D eigenvalue weighted by molar-refractivity contribution is 0.0711. The van der Waals surface area contributed by atoms with Crippen molar-refractivity contribution in [3.63, 3.8) is 0 Å². The summed E-state index contributed by atoms with van der Waals surface area (Å²) in [6.45, 7) is 4.85. The summed E-state index contributed by atoms with van der Waals surface area (Å²) in [4.78, 5) is 42.5. The van der Waals surface area contributed by atoms with E-state index in [4.69, 9.17) is 0 Å². The normalized spacial score (nSPS) is 20.3. The van der Waals surface area contributed by atoms with Gasteiger partial charge in [0.05, 0.1) is 5.52 Å². The van der Waals surface area contributed by atoms with E-state index in [0.29, 0.717) is 29.7 Å². The molecule has 4 heterocycles. The molecule has 1 amide bonds. The minimum atomic E-state index is -0.423. The summed E-state index contributed by atoms with van der Waals surface area (Å²) < 4.78 is 4.43. The Morgan fingerprint density at radius 2 is 1.81 bits per heavy atom. The molecule has 1 saturated heterocycles. The number of anilines is 1. The van der Waals surface area contributed by atoms with Gasteiger partial charge in [-0.05, 0) is 19.9 Å². The highest BCUT2D eigenvalue weighted by atomic mass is 16.2. The number of nitrogens with one attached hydrogen (secondary N) is 1. The molecule has 4 rings (SSSR count). The summed E-state index contributed by atoms with van der Waals surface area (Å²) in [5.41, 5.74) is 0.525. The first-order valence-corrected chi connectivity index (χ1v) is 8.96. The summed E-state index contributed by atoms with van der Waals surface area (Å²) in [5.74, 6) is 0.614. The first kappa shape index (κ1) is 16.9. The molecule has 140 valence electrons. The predicted molar refractivity (Wildman–Crippen MR) is 98.8 cm³/mol. The molecule has 2 aromatic rings. The first-order valence-electron chi connectivity index (χ1n) is 8.96. The number of carbonyl (C=O) groups is 1. The third-order valence-electron chi connectivity index (χ3n) is 5.64. The van der Waals surface area contributed by atoms with E-state index in [1.165, 1.54) is 11.6 Å². The Morgan fingerprint density at radius 1 is 1.08 bits per heavy atom. The molecule has 1 fully saturated rings. The van der Waals surface area contributed by atoms with Crippen molar-refractivity contribution in [2.75, 3.05) is 31.6 Å². The van der Waals surface area contributed by atoms with Crippen molar-refractivity contribution < 1.29 is 4.79 Å². The van der Waals surface area contributed by atoms with Gasteiger partial charge >= 0.3 is 5.69 Å². The number of nitrogens with zero attached hydrogens (tertiary/aromatic N) is 5. The van der Waals surface area contributed by atoms with Crippen molar-refractivity contribution >= 4 is 22.8 Å². The Bertz CT molecular complexity index is 1030. The van der Waals surface area contributed by atoms with Gasteiger partial charge in [0.2, 0.25) is 0 Å². The van der Waals surface area contributed by atoms with Crippen molar-refractivity contribution in [3.8, 4) is 0 Å². The number of amides is 1. The maximum atomic E-state index is 13.2. The summed E-state index contributed by atoms with van der Waals surface area (Å²) in [5, 5.41) is 3.37. The molecule has 26 heavy (non-hydrogen) atoms. The van der Waals surface area contributed by atoms with Crippen molar-refractivity contribution in [2.24, 2.45) is 14.1 Å². The van der Waals surface area contributed by atoms with Crippen LogP contribution in [0.2, 0.25) is 0 Å². The van der Waals surface area contributed by atoms with E-state index < -0.39 is 5.69 Å². The van der Waals surface area contributed by atoms with Gasteiger partial charge in [-0.25, -0.2) is 4.79 Å². The topological polar surface area (TPSA) is 84.5 Å². The molecule has 0 bridgehead atoms. The summed E-state index contributed by atoms with van der Waals surface area (Å²) in [7, 11) is 4.88. The molecule has 9 nitrogen and oxygen atoms in total. The second kappa shape index (κ2) is 5.73. The van der Waals surface area contributed by atoms with Gasteiger partial charge in [0.25, 0.3) is 11.5 Å². The molecular weight excluding hydrogens is 336 g/mol. The molecule has 1 N–H and O–H groups in total. The monoisotopic (exact) mass is 360 g/mol. The maximum Gasteiger partial charge on any atom is 0.331 e. The van der Waals surface area contributed by atoms with E-state index in [1.54, 1.807) is 19.0 Å². The lowest BCUT2D eigenvalue weighted by Gasteiger charge is -2.42. The average molecular weight is 360 g/mol. The minimum Gasteiger partial charge on any atom is -0.335 e. The van der Waals surface area contributed by atoms with Gasteiger partial charge in [0.15, 0.2) is 0 Å². The largest absolute Gasteiger partial charge is 0.335 e. The number of rotatable bonds is 1. The van der Waals surface area contributed by atoms with Crippen LogP contribution in [0.25, 0.3) is 11.0 Å². The maximum absolute atomic E-state index is 13.2. The highest BCUT2D eigenvalue weighted by Crippen LogP contribution is 2.37. The number of hydrogen-bond acceptors (Lipinski definition) is 5. The van der Waals surface area contributed by atoms with Gasteiger partial charge in [-0.15, -0.1) is 0 Å². The Labute approximate surface area is 150 Å². The lowest BCUT2D eigenvalue weighted by atomic mass is 10.1. The molecule has 1 atom stereocenters. The van der Waals surface area contributed by atoms with Crippen LogP contribution >= 0.6 is 0 Å². The Balaban J connectivity index is 2.18. The number of fused-ring (bicyclic) bond motifs is 5. The molecule has 2 aliphatic rings. The van der Waals surface area contributed by atoms with Crippen LogP contribution in [0.3, 0.4) is 0 Å². The second-order valence-corrected chi connectivity index (χ2v) is 6.99. The Morgan fingerprint density at radius 3 is 2.50 bits per heavy atom. The van der Waals surface area contributed by atoms with Crippen molar-refractivity contribution in [1.82, 2.24) is 23.9 Å². The van der Waals surface area contributed by atoms with Gasteiger partial charge in [-0.2, -0.15) is 0 Å². The van der Waals surface area contributed by atoms with Gasteiger partial charge in [0, 0.05) is 40.8 Å². The van der Waals surface area contributed by atoms with Crippen molar-refractivity contribution in [3.05, 3.63) is 26.4 Å². The van der Waals surface area contributed by atoms with Gasteiger partial charge < -0.3 is 19.7 Å². The van der Waals surface area contributed by atoms with E-state index in [9.17, 15) is 14.4 Å². The molecule has 2 aliphatic heterocycles. The van der Waals surface area contributed by atoms with Crippen LogP contribution in [0.1, 0.15) is 23.7 Å². The Kier molecular flexibility index (Phi) is 3.72. The molecule has 2 aromatic heterocycles. The minimum absolute atomic E-state index is 0.104. The molecule has 0 radical (unpaired) electrons. The fourth-order valence-corrected chi connectivity index (χ4v) is 4.28. The quantitative estimate of drug-likeness (QED) is 0.725. The molecule has 0 saturated carbocycles. The van der Waals surface area contributed by atoms with Crippen LogP contribution in [0.4, 0.5) is 5.82 Å². The third-order valence-corrected chi connectivity index (χ3v) is 5.64. The predicted octanol–water partition coefficient (Wildman–Crippen LogP) is -0.730. The van der Waals surface area contributed by atoms with E-state index in [1.807, 2.05) is 11.5 Å². The first-order chi connectivity index (χ1) is 12.4. The van der Waals surface area contributed by atoms with Crippen LogP contribution < -0.4 is 21.5 Å². The SMILES string of the molecule is CCn1c2c(c3c1c(=O)n(C)c(=O)n3C)C(=O)N(C)C1CNCCCN21. The summed E-state index contributed by atoms with van der Waals surface area (Å²) in [6.07, 6.45) is 0.841.